The Balaban J connectivity index is 2.13. The Labute approximate surface area is 130 Å². The van der Waals surface area contributed by atoms with Crippen molar-refractivity contribution < 1.29 is 23.1 Å². The van der Waals surface area contributed by atoms with E-state index in [0.717, 1.165) is 21.9 Å². The number of aliphatic carboxylic acids is 1. The van der Waals surface area contributed by atoms with Crippen molar-refractivity contribution in [2.75, 3.05) is 19.3 Å². The van der Waals surface area contributed by atoms with Gasteiger partial charge in [-0.25, -0.2) is 8.42 Å². The summed E-state index contributed by atoms with van der Waals surface area (Å²) < 4.78 is 24.5. The van der Waals surface area contributed by atoms with Crippen molar-refractivity contribution in [3.63, 3.8) is 0 Å². The van der Waals surface area contributed by atoms with Crippen molar-refractivity contribution in [3.8, 4) is 0 Å². The summed E-state index contributed by atoms with van der Waals surface area (Å²) in [6, 6.07) is 2.32. The average Bonchev–Trinajstić information content (AvgIpc) is 2.94. The molecule has 2 heterocycles. The van der Waals surface area contributed by atoms with E-state index >= 15 is 0 Å². The van der Waals surface area contributed by atoms with Crippen molar-refractivity contribution in [2.45, 2.75) is 6.04 Å². The highest BCUT2D eigenvalue weighted by Crippen LogP contribution is 2.23. The van der Waals surface area contributed by atoms with Crippen molar-refractivity contribution in [3.05, 3.63) is 21.3 Å². The van der Waals surface area contributed by atoms with Crippen LogP contribution in [0.1, 0.15) is 9.67 Å². The smallest absolute Gasteiger partial charge is 0.309 e. The highest BCUT2D eigenvalue weighted by atomic mass is 35.5. The van der Waals surface area contributed by atoms with Crippen LogP contribution in [0.4, 0.5) is 0 Å². The summed E-state index contributed by atoms with van der Waals surface area (Å²) in [5.74, 6) is -2.58. The van der Waals surface area contributed by atoms with Crippen molar-refractivity contribution in [1.82, 2.24) is 9.62 Å². The average molecular weight is 353 g/mol. The normalized spacial score (nSPS) is 23.1. The molecule has 21 heavy (non-hydrogen) atoms. The van der Waals surface area contributed by atoms with Crippen LogP contribution in [-0.2, 0) is 14.8 Å². The predicted molar refractivity (Wildman–Crippen MR) is 78.1 cm³/mol. The SMILES string of the molecule is CS(=O)(=O)N1C[C@@H](NC(=O)c2ccc(Cl)s2)[C@H](C(=O)O)C1. The third-order valence-corrected chi connectivity index (χ3v) is 5.65. The topological polar surface area (TPSA) is 104 Å². The second-order valence-corrected chi connectivity index (χ2v) is 8.41. The Kier molecular flexibility index (Phi) is 4.57. The fourth-order valence-corrected chi connectivity index (χ4v) is 3.92. The molecule has 0 bridgehead atoms. The van der Waals surface area contributed by atoms with Gasteiger partial charge in [0.05, 0.1) is 27.4 Å². The molecule has 1 aromatic rings. The second-order valence-electron chi connectivity index (χ2n) is 4.71. The van der Waals surface area contributed by atoms with Gasteiger partial charge in [-0.2, -0.15) is 4.31 Å². The highest BCUT2D eigenvalue weighted by Gasteiger charge is 2.42. The molecule has 1 saturated heterocycles. The van der Waals surface area contributed by atoms with Crippen molar-refractivity contribution >= 4 is 44.8 Å². The zero-order chi connectivity index (χ0) is 15.8. The molecular weight excluding hydrogens is 340 g/mol. The Hall–Kier alpha value is -1.16. The van der Waals surface area contributed by atoms with Crippen LogP contribution in [0.25, 0.3) is 0 Å². The van der Waals surface area contributed by atoms with Crippen LogP contribution in [0.3, 0.4) is 0 Å². The lowest BCUT2D eigenvalue weighted by Gasteiger charge is -2.16. The van der Waals surface area contributed by atoms with E-state index in [4.69, 9.17) is 16.7 Å². The van der Waals surface area contributed by atoms with Crippen molar-refractivity contribution in [2.24, 2.45) is 5.92 Å². The fourth-order valence-electron chi connectivity index (χ4n) is 2.11. The molecule has 10 heteroatoms. The number of rotatable bonds is 4. The zero-order valence-corrected chi connectivity index (χ0v) is 13.3. The molecule has 2 atom stereocenters. The van der Waals surface area contributed by atoms with E-state index in [1.54, 1.807) is 6.07 Å². The number of carboxylic acid groups (broad SMARTS) is 1. The molecule has 116 valence electrons. The first-order valence-corrected chi connectivity index (χ1v) is 8.97. The molecule has 1 fully saturated rings. The van der Waals surface area contributed by atoms with Crippen LogP contribution in [0.5, 0.6) is 0 Å². The molecule has 0 unspecified atom stereocenters. The number of carbonyl (C=O) groups is 2. The number of thiophene rings is 1. The Morgan fingerprint density at radius 2 is 2.10 bits per heavy atom. The molecule has 1 amide bonds. The van der Waals surface area contributed by atoms with E-state index in [0.29, 0.717) is 9.21 Å². The standard InChI is InChI=1S/C11H13ClN2O5S2/c1-21(18,19)14-4-6(11(16)17)7(5-14)13-10(15)8-2-3-9(12)20-8/h2-3,6-7H,4-5H2,1H3,(H,13,15)(H,16,17)/t6-,7-/m1/s1. The van der Waals surface area contributed by atoms with E-state index < -0.39 is 33.9 Å². The van der Waals surface area contributed by atoms with Crippen LogP contribution in [0.15, 0.2) is 12.1 Å². The molecule has 0 saturated carbocycles. The third-order valence-electron chi connectivity index (χ3n) is 3.19. The minimum absolute atomic E-state index is 0.0549. The number of hydrogen-bond donors (Lipinski definition) is 2. The molecule has 1 aliphatic heterocycles. The molecule has 1 aromatic heterocycles. The summed E-state index contributed by atoms with van der Waals surface area (Å²) in [6.07, 6.45) is 1.01. The Morgan fingerprint density at radius 1 is 1.43 bits per heavy atom. The lowest BCUT2D eigenvalue weighted by Crippen LogP contribution is -2.42. The van der Waals surface area contributed by atoms with Crippen LogP contribution in [0.2, 0.25) is 4.34 Å². The number of sulfonamides is 1. The van der Waals surface area contributed by atoms with E-state index in [1.807, 2.05) is 0 Å². The Bertz CT molecular complexity index is 672. The van der Waals surface area contributed by atoms with E-state index in [-0.39, 0.29) is 13.1 Å². The van der Waals surface area contributed by atoms with Gasteiger partial charge >= 0.3 is 5.97 Å². The monoisotopic (exact) mass is 352 g/mol. The van der Waals surface area contributed by atoms with Gasteiger partial charge in [0.25, 0.3) is 5.91 Å². The van der Waals surface area contributed by atoms with E-state index in [1.165, 1.54) is 6.07 Å². The summed E-state index contributed by atoms with van der Waals surface area (Å²) in [5.41, 5.74) is 0. The van der Waals surface area contributed by atoms with Gasteiger partial charge in [-0.1, -0.05) is 11.6 Å². The quantitative estimate of drug-likeness (QED) is 0.820. The summed E-state index contributed by atoms with van der Waals surface area (Å²) in [5, 5.41) is 11.7. The maximum atomic E-state index is 12.0. The molecule has 7 nitrogen and oxygen atoms in total. The summed E-state index contributed by atoms with van der Waals surface area (Å²) in [6.45, 7) is -0.203. The second kappa shape index (κ2) is 5.91. The molecule has 0 aliphatic carbocycles. The lowest BCUT2D eigenvalue weighted by atomic mass is 10.0. The van der Waals surface area contributed by atoms with E-state index in [2.05, 4.69) is 5.32 Å². The van der Waals surface area contributed by atoms with Crippen LogP contribution in [-0.4, -0.2) is 55.1 Å². The van der Waals surface area contributed by atoms with Gasteiger partial charge in [0.1, 0.15) is 0 Å². The van der Waals surface area contributed by atoms with Crippen LogP contribution >= 0.6 is 22.9 Å². The molecular formula is C11H13ClN2O5S2. The number of carboxylic acids is 1. The van der Waals surface area contributed by atoms with E-state index in [9.17, 15) is 18.0 Å². The number of halogens is 1. The van der Waals surface area contributed by atoms with Gasteiger partial charge in [0.15, 0.2) is 0 Å². The number of amides is 1. The van der Waals surface area contributed by atoms with Gasteiger partial charge in [0.2, 0.25) is 10.0 Å². The van der Waals surface area contributed by atoms with Gasteiger partial charge in [-0.15, -0.1) is 11.3 Å². The van der Waals surface area contributed by atoms with Gasteiger partial charge in [-0.3, -0.25) is 9.59 Å². The predicted octanol–water partition coefficient (Wildman–Crippen LogP) is 0.476. The molecule has 0 aromatic carbocycles. The first-order chi connectivity index (χ1) is 9.68. The highest BCUT2D eigenvalue weighted by molar-refractivity contribution is 7.88. The van der Waals surface area contributed by atoms with Crippen LogP contribution < -0.4 is 5.32 Å². The van der Waals surface area contributed by atoms with Gasteiger partial charge < -0.3 is 10.4 Å². The number of carbonyl (C=O) groups excluding carboxylic acids is 1. The minimum atomic E-state index is -3.50. The largest absolute Gasteiger partial charge is 0.481 e. The summed E-state index contributed by atoms with van der Waals surface area (Å²) in [7, 11) is -3.50. The fraction of sp³-hybridized carbons (Fsp3) is 0.455. The molecule has 2 N–H and O–H groups in total. The maximum Gasteiger partial charge on any atom is 0.309 e. The lowest BCUT2D eigenvalue weighted by molar-refractivity contribution is -0.141. The summed E-state index contributed by atoms with van der Waals surface area (Å²) >= 11 is 6.81. The number of hydrogen-bond acceptors (Lipinski definition) is 5. The Morgan fingerprint density at radius 3 is 2.57 bits per heavy atom. The van der Waals surface area contributed by atoms with Crippen LogP contribution in [0, 0.1) is 5.92 Å². The third kappa shape index (κ3) is 3.73. The summed E-state index contributed by atoms with van der Waals surface area (Å²) in [4.78, 5) is 23.6. The number of nitrogens with one attached hydrogen (secondary N) is 1. The van der Waals surface area contributed by atoms with Crippen molar-refractivity contribution in [1.29, 1.82) is 0 Å². The molecule has 0 spiro atoms. The first-order valence-electron chi connectivity index (χ1n) is 5.92. The molecule has 0 radical (unpaired) electrons. The van der Waals surface area contributed by atoms with Gasteiger partial charge in [-0.05, 0) is 12.1 Å². The minimum Gasteiger partial charge on any atom is -0.481 e. The first kappa shape index (κ1) is 16.2. The molecule has 2 rings (SSSR count). The number of nitrogens with zero attached hydrogens (tertiary/aromatic N) is 1. The van der Waals surface area contributed by atoms with Gasteiger partial charge in [0, 0.05) is 13.1 Å². The molecule has 1 aliphatic rings. The maximum absolute atomic E-state index is 12.0. The zero-order valence-electron chi connectivity index (χ0n) is 10.9.